The van der Waals surface area contributed by atoms with Crippen LogP contribution in [0.3, 0.4) is 0 Å². The quantitative estimate of drug-likeness (QED) is 0.524. The summed E-state index contributed by atoms with van der Waals surface area (Å²) in [4.78, 5) is 0. The minimum absolute atomic E-state index is 0.380. The summed E-state index contributed by atoms with van der Waals surface area (Å²) >= 11 is 0. The molecule has 0 bridgehead atoms. The van der Waals surface area contributed by atoms with Crippen molar-refractivity contribution in [2.45, 2.75) is 19.3 Å². The topological polar surface area (TPSA) is 40.5 Å². The largest absolute Gasteiger partial charge is 0.483 e. The number of allylic oxidation sites excluding steroid dienone is 1. The van der Waals surface area contributed by atoms with Gasteiger partial charge in [-0.3, -0.25) is 0 Å². The SMILES string of the molecule is C=C(B(O)O)C1CCC1. The lowest BCUT2D eigenvalue weighted by Gasteiger charge is -2.26. The molecule has 0 aliphatic heterocycles. The van der Waals surface area contributed by atoms with E-state index in [0.29, 0.717) is 11.4 Å². The molecule has 3 heteroatoms. The maximum Gasteiger partial charge on any atom is 0.483 e. The molecule has 1 saturated carbocycles. The Morgan fingerprint density at radius 1 is 1.44 bits per heavy atom. The van der Waals surface area contributed by atoms with Crippen LogP contribution in [0.5, 0.6) is 0 Å². The van der Waals surface area contributed by atoms with Crippen molar-refractivity contribution < 1.29 is 10.0 Å². The fraction of sp³-hybridized carbons (Fsp3) is 0.667. The third kappa shape index (κ3) is 1.34. The highest BCUT2D eigenvalue weighted by molar-refractivity contribution is 6.50. The molecule has 1 aliphatic rings. The Labute approximate surface area is 55.3 Å². The lowest BCUT2D eigenvalue weighted by Crippen LogP contribution is -2.25. The fourth-order valence-corrected chi connectivity index (χ4v) is 0.990. The van der Waals surface area contributed by atoms with Crippen LogP contribution in [0.15, 0.2) is 12.1 Å². The molecule has 1 aliphatic carbocycles. The maximum absolute atomic E-state index is 8.61. The van der Waals surface area contributed by atoms with Crippen molar-refractivity contribution in [3.63, 3.8) is 0 Å². The van der Waals surface area contributed by atoms with Crippen molar-refractivity contribution in [2.75, 3.05) is 0 Å². The molecule has 2 N–H and O–H groups in total. The number of hydrogen-bond donors (Lipinski definition) is 2. The standard InChI is InChI=1S/C6H11BO2/c1-5(7(8)9)6-3-2-4-6/h6,8-9H,1-4H2. The summed E-state index contributed by atoms with van der Waals surface area (Å²) in [6, 6.07) is 0. The first kappa shape index (κ1) is 6.84. The molecule has 0 amide bonds. The van der Waals surface area contributed by atoms with E-state index < -0.39 is 7.12 Å². The van der Waals surface area contributed by atoms with Crippen LogP contribution >= 0.6 is 0 Å². The first-order valence-electron chi connectivity index (χ1n) is 3.26. The molecule has 0 saturated heterocycles. The van der Waals surface area contributed by atoms with Crippen LogP contribution < -0.4 is 0 Å². The summed E-state index contributed by atoms with van der Waals surface area (Å²) in [5, 5.41) is 17.2. The van der Waals surface area contributed by atoms with Crippen LogP contribution in [0.25, 0.3) is 0 Å². The van der Waals surface area contributed by atoms with E-state index in [1.54, 1.807) is 0 Å². The van der Waals surface area contributed by atoms with Gasteiger partial charge in [-0.1, -0.05) is 6.42 Å². The van der Waals surface area contributed by atoms with Crippen LogP contribution in [0.4, 0.5) is 0 Å². The molecule has 2 nitrogen and oxygen atoms in total. The van der Waals surface area contributed by atoms with Gasteiger partial charge in [0, 0.05) is 0 Å². The van der Waals surface area contributed by atoms with Gasteiger partial charge in [0.05, 0.1) is 0 Å². The van der Waals surface area contributed by atoms with E-state index in [-0.39, 0.29) is 0 Å². The summed E-state index contributed by atoms with van der Waals surface area (Å²) in [7, 11) is -1.30. The second-order valence-corrected chi connectivity index (χ2v) is 2.58. The first-order valence-corrected chi connectivity index (χ1v) is 3.26. The third-order valence-electron chi connectivity index (χ3n) is 1.96. The molecule has 0 spiro atoms. The molecule has 0 aromatic heterocycles. The van der Waals surface area contributed by atoms with Crippen LogP contribution in [0, 0.1) is 5.92 Å². The highest BCUT2D eigenvalue weighted by Crippen LogP contribution is 2.32. The molecule has 0 radical (unpaired) electrons. The van der Waals surface area contributed by atoms with Crippen molar-refractivity contribution in [3.05, 3.63) is 12.1 Å². The van der Waals surface area contributed by atoms with E-state index in [4.69, 9.17) is 10.0 Å². The van der Waals surface area contributed by atoms with E-state index in [1.807, 2.05) is 0 Å². The van der Waals surface area contributed by atoms with Crippen LogP contribution in [0.1, 0.15) is 19.3 Å². The van der Waals surface area contributed by atoms with Crippen LogP contribution in [-0.4, -0.2) is 17.2 Å². The van der Waals surface area contributed by atoms with Crippen LogP contribution in [-0.2, 0) is 0 Å². The summed E-state index contributed by atoms with van der Waals surface area (Å²) in [6.45, 7) is 3.58. The van der Waals surface area contributed by atoms with Gasteiger partial charge in [0.1, 0.15) is 0 Å². The molecule has 0 aromatic carbocycles. The summed E-state index contributed by atoms with van der Waals surface area (Å²) in [5.41, 5.74) is 0.584. The Morgan fingerprint density at radius 3 is 2.11 bits per heavy atom. The Kier molecular flexibility index (Phi) is 1.93. The molecular weight excluding hydrogens is 115 g/mol. The first-order chi connectivity index (χ1) is 4.22. The van der Waals surface area contributed by atoms with Gasteiger partial charge in [0.25, 0.3) is 0 Å². The van der Waals surface area contributed by atoms with Gasteiger partial charge in [-0.2, -0.15) is 0 Å². The monoisotopic (exact) mass is 126 g/mol. The average Bonchev–Trinajstić information content (AvgIpc) is 1.60. The predicted octanol–water partition coefficient (Wildman–Crippen LogP) is 0.355. The van der Waals surface area contributed by atoms with Crippen molar-refractivity contribution >= 4 is 7.12 Å². The maximum atomic E-state index is 8.61. The van der Waals surface area contributed by atoms with Gasteiger partial charge < -0.3 is 10.0 Å². The van der Waals surface area contributed by atoms with E-state index >= 15 is 0 Å². The second-order valence-electron chi connectivity index (χ2n) is 2.58. The molecule has 1 fully saturated rings. The van der Waals surface area contributed by atoms with E-state index in [0.717, 1.165) is 12.8 Å². The van der Waals surface area contributed by atoms with Gasteiger partial charge in [-0.05, 0) is 24.2 Å². The predicted molar refractivity (Wildman–Crippen MR) is 36.7 cm³/mol. The molecule has 0 atom stereocenters. The normalized spacial score (nSPS) is 18.9. The highest BCUT2D eigenvalue weighted by atomic mass is 16.4. The fourth-order valence-electron chi connectivity index (χ4n) is 0.990. The Hall–Kier alpha value is -0.275. The average molecular weight is 126 g/mol. The Balaban J connectivity index is 2.32. The molecule has 50 valence electrons. The lowest BCUT2D eigenvalue weighted by atomic mass is 9.65. The van der Waals surface area contributed by atoms with Crippen molar-refractivity contribution in [3.8, 4) is 0 Å². The molecule has 1 rings (SSSR count). The zero-order chi connectivity index (χ0) is 6.85. The molecule has 9 heavy (non-hydrogen) atoms. The van der Waals surface area contributed by atoms with E-state index in [1.165, 1.54) is 6.42 Å². The van der Waals surface area contributed by atoms with Crippen LogP contribution in [0.2, 0.25) is 0 Å². The minimum Gasteiger partial charge on any atom is -0.423 e. The van der Waals surface area contributed by atoms with Crippen molar-refractivity contribution in [1.29, 1.82) is 0 Å². The number of rotatable bonds is 2. The Bertz CT molecular complexity index is 118. The molecule has 0 aromatic rings. The Morgan fingerprint density at radius 2 is 2.00 bits per heavy atom. The zero-order valence-corrected chi connectivity index (χ0v) is 5.38. The van der Waals surface area contributed by atoms with Gasteiger partial charge in [-0.25, -0.2) is 0 Å². The van der Waals surface area contributed by atoms with Gasteiger partial charge in [-0.15, -0.1) is 6.58 Å². The zero-order valence-electron chi connectivity index (χ0n) is 5.38. The lowest BCUT2D eigenvalue weighted by molar-refractivity contribution is 0.348. The van der Waals surface area contributed by atoms with E-state index in [2.05, 4.69) is 6.58 Å². The molecular formula is C6H11BO2. The highest BCUT2D eigenvalue weighted by Gasteiger charge is 2.26. The molecule has 0 unspecified atom stereocenters. The summed E-state index contributed by atoms with van der Waals surface area (Å²) < 4.78 is 0. The smallest absolute Gasteiger partial charge is 0.423 e. The molecule has 0 heterocycles. The van der Waals surface area contributed by atoms with Crippen molar-refractivity contribution in [2.24, 2.45) is 5.92 Å². The minimum atomic E-state index is -1.30. The summed E-state index contributed by atoms with van der Waals surface area (Å²) in [6.07, 6.45) is 3.36. The third-order valence-corrected chi connectivity index (χ3v) is 1.96. The summed E-state index contributed by atoms with van der Waals surface area (Å²) in [5.74, 6) is 0.380. The van der Waals surface area contributed by atoms with Crippen molar-refractivity contribution in [1.82, 2.24) is 0 Å². The van der Waals surface area contributed by atoms with E-state index in [9.17, 15) is 0 Å². The van der Waals surface area contributed by atoms with Gasteiger partial charge >= 0.3 is 7.12 Å². The number of hydrogen-bond acceptors (Lipinski definition) is 2. The van der Waals surface area contributed by atoms with Gasteiger partial charge in [0.15, 0.2) is 0 Å². The van der Waals surface area contributed by atoms with Gasteiger partial charge in [0.2, 0.25) is 0 Å². The second kappa shape index (κ2) is 2.54.